The Morgan fingerprint density at radius 2 is 1.83 bits per heavy atom. The van der Waals surface area contributed by atoms with Crippen LogP contribution >= 0.6 is 12.6 Å². The number of nitriles is 1. The van der Waals surface area contributed by atoms with Crippen molar-refractivity contribution in [3.63, 3.8) is 0 Å². The molecule has 5 nitrogen and oxygen atoms in total. The van der Waals surface area contributed by atoms with Crippen LogP contribution in [-0.2, 0) is 4.79 Å². The second kappa shape index (κ2) is 6.69. The van der Waals surface area contributed by atoms with Crippen LogP contribution in [0.1, 0.15) is 11.7 Å². The molecule has 0 saturated carbocycles. The number of nitrogens with one attached hydrogen (secondary N) is 1. The number of nitrogens with zero attached hydrogens (tertiary/aromatic N) is 2. The van der Waals surface area contributed by atoms with Crippen molar-refractivity contribution in [2.45, 2.75) is 6.17 Å². The summed E-state index contributed by atoms with van der Waals surface area (Å²) in [6.45, 7) is 0. The van der Waals surface area contributed by atoms with Gasteiger partial charge >= 0.3 is 0 Å². The van der Waals surface area contributed by atoms with Crippen molar-refractivity contribution in [3.8, 4) is 11.8 Å². The molecule has 1 N–H and O–H groups in total. The SMILES string of the molecule is COc1ccccc1C1NC(=O)C(C#N)=C(S)N1c1ccccc1. The molecular weight excluding hydrogens is 322 g/mol. The zero-order chi connectivity index (χ0) is 17.1. The Morgan fingerprint density at radius 1 is 1.17 bits per heavy atom. The molecule has 1 heterocycles. The molecular formula is C18H15N3O2S. The van der Waals surface area contributed by atoms with E-state index >= 15 is 0 Å². The highest BCUT2D eigenvalue weighted by atomic mass is 32.1. The van der Waals surface area contributed by atoms with Gasteiger partial charge in [-0.3, -0.25) is 4.79 Å². The minimum atomic E-state index is -0.527. The first-order valence-corrected chi connectivity index (χ1v) is 7.73. The van der Waals surface area contributed by atoms with Crippen LogP contribution in [0.5, 0.6) is 5.75 Å². The number of hydrogen-bond acceptors (Lipinski definition) is 5. The molecule has 1 aliphatic heterocycles. The Bertz CT molecular complexity index is 843. The number of amides is 1. The summed E-state index contributed by atoms with van der Waals surface area (Å²) in [4.78, 5) is 14.1. The quantitative estimate of drug-likeness (QED) is 0.845. The van der Waals surface area contributed by atoms with Gasteiger partial charge in [-0.25, -0.2) is 0 Å². The number of rotatable bonds is 3. The fourth-order valence-electron chi connectivity index (χ4n) is 2.68. The first kappa shape index (κ1) is 16.0. The lowest BCUT2D eigenvalue weighted by Gasteiger charge is -2.38. The van der Waals surface area contributed by atoms with Gasteiger partial charge < -0.3 is 15.0 Å². The minimum Gasteiger partial charge on any atom is -0.496 e. The molecule has 0 aliphatic carbocycles. The summed E-state index contributed by atoms with van der Waals surface area (Å²) >= 11 is 4.46. The van der Waals surface area contributed by atoms with E-state index in [0.29, 0.717) is 10.8 Å². The fraction of sp³-hybridized carbons (Fsp3) is 0.111. The van der Waals surface area contributed by atoms with E-state index < -0.39 is 12.1 Å². The Hall–Kier alpha value is -2.91. The van der Waals surface area contributed by atoms with Gasteiger partial charge in [-0.2, -0.15) is 5.26 Å². The van der Waals surface area contributed by atoms with Crippen molar-refractivity contribution in [3.05, 3.63) is 70.8 Å². The number of thiol groups is 1. The van der Waals surface area contributed by atoms with Crippen molar-refractivity contribution in [1.29, 1.82) is 5.26 Å². The van der Waals surface area contributed by atoms with Crippen molar-refractivity contribution >= 4 is 24.2 Å². The predicted octanol–water partition coefficient (Wildman–Crippen LogP) is 3.00. The number of para-hydroxylation sites is 2. The lowest BCUT2D eigenvalue weighted by atomic mass is 10.1. The predicted molar refractivity (Wildman–Crippen MR) is 94.4 cm³/mol. The molecule has 6 heteroatoms. The van der Waals surface area contributed by atoms with E-state index in [9.17, 15) is 10.1 Å². The first-order valence-electron chi connectivity index (χ1n) is 7.28. The van der Waals surface area contributed by atoms with Crippen LogP contribution in [0.2, 0.25) is 0 Å². The van der Waals surface area contributed by atoms with Crippen LogP contribution in [-0.4, -0.2) is 13.0 Å². The lowest BCUT2D eigenvalue weighted by molar-refractivity contribution is -0.118. The molecule has 2 aromatic carbocycles. The van der Waals surface area contributed by atoms with Gasteiger partial charge in [0.2, 0.25) is 0 Å². The maximum Gasteiger partial charge on any atom is 0.266 e. The number of carbonyl (C=O) groups is 1. The number of hydrogen-bond donors (Lipinski definition) is 2. The highest BCUT2D eigenvalue weighted by Gasteiger charge is 2.35. The van der Waals surface area contributed by atoms with E-state index in [0.717, 1.165) is 11.3 Å². The average molecular weight is 337 g/mol. The van der Waals surface area contributed by atoms with E-state index in [4.69, 9.17) is 4.74 Å². The van der Waals surface area contributed by atoms with E-state index in [1.165, 1.54) is 0 Å². The van der Waals surface area contributed by atoms with Crippen molar-refractivity contribution in [2.75, 3.05) is 12.0 Å². The maximum atomic E-state index is 12.3. The maximum absolute atomic E-state index is 12.3. The van der Waals surface area contributed by atoms with E-state index in [1.807, 2.05) is 60.7 Å². The largest absolute Gasteiger partial charge is 0.496 e. The first-order chi connectivity index (χ1) is 11.7. The number of methoxy groups -OCH3 is 1. The van der Waals surface area contributed by atoms with Crippen LogP contribution in [0, 0.1) is 11.3 Å². The van der Waals surface area contributed by atoms with Crippen molar-refractivity contribution in [2.24, 2.45) is 0 Å². The molecule has 0 spiro atoms. The molecule has 0 fully saturated rings. The molecule has 1 amide bonds. The van der Waals surface area contributed by atoms with Crippen molar-refractivity contribution < 1.29 is 9.53 Å². The third-order valence-electron chi connectivity index (χ3n) is 3.78. The monoisotopic (exact) mass is 337 g/mol. The normalized spacial score (nSPS) is 17.3. The summed E-state index contributed by atoms with van der Waals surface area (Å²) in [7, 11) is 1.58. The van der Waals surface area contributed by atoms with Gasteiger partial charge in [0, 0.05) is 11.3 Å². The molecule has 0 saturated heterocycles. The third-order valence-corrected chi connectivity index (χ3v) is 4.22. The standard InChI is InChI=1S/C18H15N3O2S/c1-23-15-10-6-5-9-13(15)16-20-17(22)14(11-19)18(24)21(16)12-7-3-2-4-8-12/h2-10,16,24H,1H3,(H,20,22). The Labute approximate surface area is 145 Å². The summed E-state index contributed by atoms with van der Waals surface area (Å²) in [5.41, 5.74) is 1.57. The zero-order valence-electron chi connectivity index (χ0n) is 12.9. The molecule has 0 radical (unpaired) electrons. The van der Waals surface area contributed by atoms with Gasteiger partial charge in [0.05, 0.1) is 12.1 Å². The van der Waals surface area contributed by atoms with Crippen LogP contribution in [0.4, 0.5) is 5.69 Å². The second-order valence-electron chi connectivity index (χ2n) is 5.13. The van der Waals surface area contributed by atoms with Gasteiger partial charge in [0.15, 0.2) is 0 Å². The van der Waals surface area contributed by atoms with Crippen LogP contribution in [0.15, 0.2) is 65.2 Å². The average Bonchev–Trinajstić information content (AvgIpc) is 2.62. The summed E-state index contributed by atoms with van der Waals surface area (Å²) < 4.78 is 5.42. The molecule has 24 heavy (non-hydrogen) atoms. The molecule has 1 aliphatic rings. The lowest BCUT2D eigenvalue weighted by Crippen LogP contribution is -2.46. The van der Waals surface area contributed by atoms with Gasteiger partial charge in [0.25, 0.3) is 5.91 Å². The van der Waals surface area contributed by atoms with Gasteiger partial charge in [-0.15, -0.1) is 12.6 Å². The Kier molecular flexibility index (Phi) is 4.45. The van der Waals surface area contributed by atoms with Crippen LogP contribution in [0.3, 0.4) is 0 Å². The molecule has 0 aromatic heterocycles. The fourth-order valence-corrected chi connectivity index (χ4v) is 3.06. The van der Waals surface area contributed by atoms with E-state index in [2.05, 4.69) is 17.9 Å². The summed E-state index contributed by atoms with van der Waals surface area (Å²) in [6.07, 6.45) is -0.527. The summed E-state index contributed by atoms with van der Waals surface area (Å²) in [5, 5.41) is 12.5. The minimum absolute atomic E-state index is 0.0201. The molecule has 120 valence electrons. The third kappa shape index (κ3) is 2.70. The molecule has 1 unspecified atom stereocenters. The highest BCUT2D eigenvalue weighted by Crippen LogP contribution is 2.38. The molecule has 0 bridgehead atoms. The summed E-state index contributed by atoms with van der Waals surface area (Å²) in [5.74, 6) is 0.191. The number of benzene rings is 2. The van der Waals surface area contributed by atoms with Crippen molar-refractivity contribution in [1.82, 2.24) is 5.32 Å². The Morgan fingerprint density at radius 3 is 2.50 bits per heavy atom. The van der Waals surface area contributed by atoms with Gasteiger partial charge in [-0.1, -0.05) is 36.4 Å². The molecule has 3 rings (SSSR count). The smallest absolute Gasteiger partial charge is 0.266 e. The Balaban J connectivity index is 2.19. The second-order valence-corrected chi connectivity index (χ2v) is 5.56. The van der Waals surface area contributed by atoms with Gasteiger partial charge in [-0.05, 0) is 18.2 Å². The van der Waals surface area contributed by atoms with Gasteiger partial charge in [0.1, 0.15) is 23.6 Å². The van der Waals surface area contributed by atoms with E-state index in [-0.39, 0.29) is 5.57 Å². The highest BCUT2D eigenvalue weighted by molar-refractivity contribution is 7.84. The topological polar surface area (TPSA) is 65.4 Å². The zero-order valence-corrected chi connectivity index (χ0v) is 13.8. The van der Waals surface area contributed by atoms with E-state index in [1.54, 1.807) is 12.0 Å². The number of carbonyl (C=O) groups excluding carboxylic acids is 1. The molecule has 1 atom stereocenters. The summed E-state index contributed by atoms with van der Waals surface area (Å²) in [6, 6.07) is 18.8. The number of ether oxygens (including phenoxy) is 1. The molecule has 2 aromatic rings. The number of anilines is 1. The van der Waals surface area contributed by atoms with Crippen LogP contribution < -0.4 is 15.0 Å². The van der Waals surface area contributed by atoms with Crippen LogP contribution in [0.25, 0.3) is 0 Å².